The van der Waals surface area contributed by atoms with E-state index in [0.717, 1.165) is 6.07 Å². The first-order valence-corrected chi connectivity index (χ1v) is 7.26. The minimum atomic E-state index is -1.11. The first kappa shape index (κ1) is 18.0. The number of carbonyl (C=O) groups excluding carboxylic acids is 2. The van der Waals surface area contributed by atoms with Gasteiger partial charge in [0.2, 0.25) is 0 Å². The Morgan fingerprint density at radius 2 is 2.12 bits per heavy atom. The number of carbonyl (C=O) groups is 2. The number of furan rings is 1. The number of amides is 1. The molecular weight excluding hydrogens is 332 g/mol. The molecule has 1 aromatic heterocycles. The van der Waals surface area contributed by atoms with Crippen LogP contribution in [0.3, 0.4) is 0 Å². The molecule has 2 aromatic rings. The molecule has 0 fully saturated rings. The highest BCUT2D eigenvalue weighted by molar-refractivity contribution is 5.95. The molecule has 0 saturated heterocycles. The van der Waals surface area contributed by atoms with E-state index in [4.69, 9.17) is 13.9 Å². The Hall–Kier alpha value is -3.36. The van der Waals surface area contributed by atoms with E-state index in [1.54, 1.807) is 12.1 Å². The molecule has 1 heterocycles. The van der Waals surface area contributed by atoms with Crippen molar-refractivity contribution >= 4 is 17.6 Å². The lowest BCUT2D eigenvalue weighted by molar-refractivity contribution is -0.384. The predicted octanol–water partition coefficient (Wildman–Crippen LogP) is 2.06. The van der Waals surface area contributed by atoms with Gasteiger partial charge in [-0.3, -0.25) is 14.9 Å². The monoisotopic (exact) mass is 348 g/mol. The molecule has 132 valence electrons. The normalized spacial score (nSPS) is 11.4. The third kappa shape index (κ3) is 4.56. The topological polar surface area (TPSA) is 121 Å². The van der Waals surface area contributed by atoms with E-state index >= 15 is 0 Å². The first-order chi connectivity index (χ1) is 11.9. The molecule has 0 saturated carbocycles. The van der Waals surface area contributed by atoms with Gasteiger partial charge in [-0.25, -0.2) is 4.79 Å². The van der Waals surface area contributed by atoms with Crippen molar-refractivity contribution in [3.63, 3.8) is 0 Å². The van der Waals surface area contributed by atoms with Gasteiger partial charge >= 0.3 is 5.97 Å². The van der Waals surface area contributed by atoms with Crippen LogP contribution in [0.15, 0.2) is 41.0 Å². The molecule has 9 nitrogen and oxygen atoms in total. The van der Waals surface area contributed by atoms with Crippen molar-refractivity contribution in [3.8, 4) is 5.75 Å². The van der Waals surface area contributed by atoms with Crippen molar-refractivity contribution in [1.29, 1.82) is 0 Å². The van der Waals surface area contributed by atoms with Crippen molar-refractivity contribution in [2.24, 2.45) is 0 Å². The van der Waals surface area contributed by atoms with E-state index < -0.39 is 22.9 Å². The fourth-order valence-corrected chi connectivity index (χ4v) is 1.98. The Balaban J connectivity index is 2.03. The van der Waals surface area contributed by atoms with Gasteiger partial charge in [0.1, 0.15) is 17.1 Å². The second-order valence-corrected chi connectivity index (χ2v) is 4.99. The maximum Gasteiger partial charge on any atom is 0.342 e. The van der Waals surface area contributed by atoms with E-state index in [2.05, 4.69) is 5.32 Å². The zero-order chi connectivity index (χ0) is 18.4. The van der Waals surface area contributed by atoms with Gasteiger partial charge in [0, 0.05) is 12.1 Å². The molecule has 1 aromatic carbocycles. The van der Waals surface area contributed by atoms with Gasteiger partial charge in [0.05, 0.1) is 24.8 Å². The van der Waals surface area contributed by atoms with Crippen molar-refractivity contribution in [1.82, 2.24) is 5.32 Å². The molecule has 0 bridgehead atoms. The van der Waals surface area contributed by atoms with Crippen molar-refractivity contribution in [2.75, 3.05) is 7.11 Å². The van der Waals surface area contributed by atoms with Crippen molar-refractivity contribution in [2.45, 2.75) is 19.6 Å². The SMILES string of the molecule is COc1ccc([N+](=O)[O-])cc1C(=O)O[C@H](C)C(=O)NCc1ccco1. The molecule has 9 heteroatoms. The van der Waals surface area contributed by atoms with Crippen LogP contribution in [0.2, 0.25) is 0 Å². The highest BCUT2D eigenvalue weighted by atomic mass is 16.6. The van der Waals surface area contributed by atoms with Gasteiger partial charge in [-0.1, -0.05) is 0 Å². The molecular formula is C16H16N2O7. The van der Waals surface area contributed by atoms with E-state index in [-0.39, 0.29) is 23.5 Å². The van der Waals surface area contributed by atoms with Crippen molar-refractivity contribution < 1.29 is 28.4 Å². The molecule has 1 N–H and O–H groups in total. The van der Waals surface area contributed by atoms with Gasteiger partial charge in [-0.15, -0.1) is 0 Å². The Morgan fingerprint density at radius 3 is 2.72 bits per heavy atom. The highest BCUT2D eigenvalue weighted by Crippen LogP contribution is 2.25. The number of non-ortho nitro benzene ring substituents is 1. The lowest BCUT2D eigenvalue weighted by atomic mass is 10.1. The molecule has 25 heavy (non-hydrogen) atoms. The quantitative estimate of drug-likeness (QED) is 0.462. The third-order valence-corrected chi connectivity index (χ3v) is 3.28. The van der Waals surface area contributed by atoms with Crippen LogP contribution in [0.5, 0.6) is 5.75 Å². The highest BCUT2D eigenvalue weighted by Gasteiger charge is 2.23. The fourth-order valence-electron chi connectivity index (χ4n) is 1.98. The first-order valence-electron chi connectivity index (χ1n) is 7.26. The van der Waals surface area contributed by atoms with Crippen molar-refractivity contribution in [3.05, 3.63) is 58.0 Å². The molecule has 0 unspecified atom stereocenters. The maximum atomic E-state index is 12.2. The summed E-state index contributed by atoms with van der Waals surface area (Å²) >= 11 is 0. The molecule has 0 aliphatic carbocycles. The zero-order valence-electron chi connectivity index (χ0n) is 13.6. The largest absolute Gasteiger partial charge is 0.496 e. The number of nitro groups is 1. The Labute approximate surface area is 142 Å². The number of ether oxygens (including phenoxy) is 2. The van der Waals surface area contributed by atoms with Crippen LogP contribution >= 0.6 is 0 Å². The fraction of sp³-hybridized carbons (Fsp3) is 0.250. The molecule has 1 amide bonds. The number of hydrogen-bond acceptors (Lipinski definition) is 7. The van der Waals surface area contributed by atoms with E-state index in [1.807, 2.05) is 0 Å². The van der Waals surface area contributed by atoms with Crippen LogP contribution in [-0.4, -0.2) is 30.0 Å². The standard InChI is InChI=1S/C16H16N2O7/c1-10(15(19)17-9-12-4-3-7-24-12)25-16(20)13-8-11(18(21)22)5-6-14(13)23-2/h3-8,10H,9H2,1-2H3,(H,17,19)/t10-/m1/s1. The summed E-state index contributed by atoms with van der Waals surface area (Å²) < 4.78 is 15.1. The van der Waals surface area contributed by atoms with E-state index in [1.165, 1.54) is 32.4 Å². The van der Waals surface area contributed by atoms with Gasteiger partial charge in [-0.05, 0) is 25.1 Å². The van der Waals surface area contributed by atoms with Crippen LogP contribution in [0.25, 0.3) is 0 Å². The second-order valence-electron chi connectivity index (χ2n) is 4.99. The summed E-state index contributed by atoms with van der Waals surface area (Å²) in [4.78, 5) is 34.4. The summed E-state index contributed by atoms with van der Waals surface area (Å²) in [5.74, 6) is -0.777. The number of rotatable bonds is 7. The number of hydrogen-bond donors (Lipinski definition) is 1. The zero-order valence-corrected chi connectivity index (χ0v) is 13.6. The minimum absolute atomic E-state index is 0.110. The number of benzene rings is 1. The Bertz CT molecular complexity index is 771. The summed E-state index contributed by atoms with van der Waals surface area (Å²) in [6, 6.07) is 6.89. The summed E-state index contributed by atoms with van der Waals surface area (Å²) in [7, 11) is 1.32. The van der Waals surface area contributed by atoms with Gasteiger partial charge < -0.3 is 19.2 Å². The average molecular weight is 348 g/mol. The third-order valence-electron chi connectivity index (χ3n) is 3.28. The lowest BCUT2D eigenvalue weighted by Gasteiger charge is -2.14. The number of nitrogens with one attached hydrogen (secondary N) is 1. The van der Waals surface area contributed by atoms with Crippen LogP contribution in [0, 0.1) is 10.1 Å². The van der Waals surface area contributed by atoms with Gasteiger partial charge in [0.25, 0.3) is 11.6 Å². The maximum absolute atomic E-state index is 12.2. The Kier molecular flexibility index (Phi) is 5.72. The van der Waals surface area contributed by atoms with Crippen LogP contribution in [0.1, 0.15) is 23.0 Å². The summed E-state index contributed by atoms with van der Waals surface area (Å²) in [5, 5.41) is 13.4. The summed E-state index contributed by atoms with van der Waals surface area (Å²) in [6.07, 6.45) is 0.367. The number of nitrogens with zero attached hydrogens (tertiary/aromatic N) is 1. The van der Waals surface area contributed by atoms with Gasteiger partial charge in [0.15, 0.2) is 6.10 Å². The Morgan fingerprint density at radius 1 is 1.36 bits per heavy atom. The smallest absolute Gasteiger partial charge is 0.342 e. The van der Waals surface area contributed by atoms with Crippen LogP contribution in [-0.2, 0) is 16.1 Å². The summed E-state index contributed by atoms with van der Waals surface area (Å²) in [6.45, 7) is 1.53. The summed E-state index contributed by atoms with van der Waals surface area (Å²) in [5.41, 5.74) is -0.426. The molecule has 0 aliphatic rings. The van der Waals surface area contributed by atoms with Gasteiger partial charge in [-0.2, -0.15) is 0 Å². The average Bonchev–Trinajstić information content (AvgIpc) is 3.12. The number of nitro benzene ring substituents is 1. The lowest BCUT2D eigenvalue weighted by Crippen LogP contribution is -2.35. The molecule has 0 aliphatic heterocycles. The van der Waals surface area contributed by atoms with Crippen LogP contribution in [0.4, 0.5) is 5.69 Å². The number of esters is 1. The molecule has 0 spiro atoms. The molecule has 2 rings (SSSR count). The minimum Gasteiger partial charge on any atom is -0.496 e. The predicted molar refractivity (Wildman–Crippen MR) is 85.1 cm³/mol. The van der Waals surface area contributed by atoms with E-state index in [9.17, 15) is 19.7 Å². The van der Waals surface area contributed by atoms with E-state index in [0.29, 0.717) is 5.76 Å². The molecule has 0 radical (unpaired) electrons. The number of methoxy groups -OCH3 is 1. The van der Waals surface area contributed by atoms with Crippen LogP contribution < -0.4 is 10.1 Å². The molecule has 1 atom stereocenters. The second kappa shape index (κ2) is 7.95.